The van der Waals surface area contributed by atoms with E-state index in [0.717, 1.165) is 24.2 Å². The molecule has 1 rings (SSSR count). The Morgan fingerprint density at radius 2 is 2.36 bits per heavy atom. The molecular weight excluding hydrogens is 262 g/mol. The first kappa shape index (κ1) is 12.2. The van der Waals surface area contributed by atoms with Gasteiger partial charge in [0.1, 0.15) is 0 Å². The Bertz CT molecular complexity index is 264. The lowest BCUT2D eigenvalue weighted by molar-refractivity contribution is 0.124. The van der Waals surface area contributed by atoms with Crippen LogP contribution in [0.2, 0.25) is 0 Å². The Kier molecular flexibility index (Phi) is 5.70. The second kappa shape index (κ2) is 6.56. The zero-order valence-corrected chi connectivity index (χ0v) is 11.0. The number of hydrogen-bond acceptors (Lipinski definition) is 3. The van der Waals surface area contributed by atoms with Crippen molar-refractivity contribution in [2.75, 3.05) is 19.8 Å². The maximum Gasteiger partial charge on any atom is 0.0669 e. The van der Waals surface area contributed by atoms with Crippen molar-refractivity contribution in [3.05, 3.63) is 20.8 Å². The van der Waals surface area contributed by atoms with Gasteiger partial charge in [0, 0.05) is 21.3 Å². The van der Waals surface area contributed by atoms with Gasteiger partial charge in [0.25, 0.3) is 0 Å². The number of likely N-dealkylation sites (N-methyl/N-ethyl adjacent to an activating group) is 1. The number of thiophene rings is 1. The summed E-state index contributed by atoms with van der Waals surface area (Å²) in [6.07, 6.45) is 0. The van der Waals surface area contributed by atoms with Crippen molar-refractivity contribution in [1.82, 2.24) is 5.32 Å². The van der Waals surface area contributed by atoms with E-state index in [9.17, 15) is 0 Å². The van der Waals surface area contributed by atoms with E-state index in [1.165, 1.54) is 4.88 Å². The van der Waals surface area contributed by atoms with E-state index in [4.69, 9.17) is 4.74 Å². The highest BCUT2D eigenvalue weighted by atomic mass is 79.9. The normalized spacial score (nSPS) is 13.1. The predicted octanol–water partition coefficient (Wildman–Crippen LogP) is 3.20. The first-order valence-corrected chi connectivity index (χ1v) is 6.50. The molecule has 0 amide bonds. The summed E-state index contributed by atoms with van der Waals surface area (Å²) in [7, 11) is 0. The van der Waals surface area contributed by atoms with Gasteiger partial charge in [0.2, 0.25) is 0 Å². The zero-order chi connectivity index (χ0) is 10.4. The van der Waals surface area contributed by atoms with E-state index < -0.39 is 0 Å². The van der Waals surface area contributed by atoms with Gasteiger partial charge in [0.05, 0.1) is 12.6 Å². The van der Waals surface area contributed by atoms with Crippen molar-refractivity contribution < 1.29 is 4.74 Å². The smallest absolute Gasteiger partial charge is 0.0669 e. The monoisotopic (exact) mass is 277 g/mol. The minimum atomic E-state index is 0.330. The molecule has 0 aliphatic rings. The average Bonchev–Trinajstić information content (AvgIpc) is 2.59. The third-order valence-electron chi connectivity index (χ3n) is 1.87. The van der Waals surface area contributed by atoms with E-state index in [2.05, 4.69) is 39.6 Å². The van der Waals surface area contributed by atoms with Crippen molar-refractivity contribution >= 4 is 27.3 Å². The van der Waals surface area contributed by atoms with Crippen LogP contribution in [-0.2, 0) is 4.74 Å². The highest BCUT2D eigenvalue weighted by molar-refractivity contribution is 9.10. The van der Waals surface area contributed by atoms with Gasteiger partial charge in [-0.25, -0.2) is 0 Å². The minimum Gasteiger partial charge on any atom is -0.380 e. The quantitative estimate of drug-likeness (QED) is 0.862. The van der Waals surface area contributed by atoms with Crippen LogP contribution in [-0.4, -0.2) is 19.8 Å². The van der Waals surface area contributed by atoms with E-state index in [0.29, 0.717) is 6.04 Å². The molecule has 1 heterocycles. The van der Waals surface area contributed by atoms with Crippen LogP contribution in [0.3, 0.4) is 0 Å². The molecule has 80 valence electrons. The lowest BCUT2D eigenvalue weighted by Crippen LogP contribution is -2.24. The van der Waals surface area contributed by atoms with Crippen LogP contribution < -0.4 is 5.32 Å². The maximum absolute atomic E-state index is 5.44. The molecule has 1 unspecified atom stereocenters. The largest absolute Gasteiger partial charge is 0.380 e. The van der Waals surface area contributed by atoms with Crippen LogP contribution >= 0.6 is 27.3 Å². The Labute approximate surface area is 97.8 Å². The number of nitrogens with one attached hydrogen (secondary N) is 1. The fourth-order valence-electron chi connectivity index (χ4n) is 1.23. The van der Waals surface area contributed by atoms with Gasteiger partial charge in [0.15, 0.2) is 0 Å². The third kappa shape index (κ3) is 3.69. The van der Waals surface area contributed by atoms with Crippen LogP contribution in [0.15, 0.2) is 15.9 Å². The van der Waals surface area contributed by atoms with Crippen molar-refractivity contribution in [2.24, 2.45) is 0 Å². The molecule has 2 nitrogen and oxygen atoms in total. The first-order chi connectivity index (χ1) is 6.77. The van der Waals surface area contributed by atoms with E-state index in [1.54, 1.807) is 11.3 Å². The van der Waals surface area contributed by atoms with Gasteiger partial charge in [-0.3, -0.25) is 0 Å². The number of ether oxygens (including phenoxy) is 1. The molecule has 0 spiro atoms. The summed E-state index contributed by atoms with van der Waals surface area (Å²) >= 11 is 5.22. The molecule has 0 bridgehead atoms. The van der Waals surface area contributed by atoms with Crippen molar-refractivity contribution in [2.45, 2.75) is 19.9 Å². The standard InChI is InChI=1S/C10H16BrNOS/c1-3-12-9(6-13-4-2)10-5-8(11)7-14-10/h5,7,9,12H,3-4,6H2,1-2H3. The molecular formula is C10H16BrNOS. The molecule has 0 fully saturated rings. The molecule has 0 aliphatic heterocycles. The Hall–Kier alpha value is 0.1000. The zero-order valence-electron chi connectivity index (χ0n) is 8.55. The van der Waals surface area contributed by atoms with E-state index in [-0.39, 0.29) is 0 Å². The molecule has 0 saturated carbocycles. The molecule has 1 aromatic heterocycles. The van der Waals surface area contributed by atoms with Crippen LogP contribution in [0.4, 0.5) is 0 Å². The van der Waals surface area contributed by atoms with Gasteiger partial charge >= 0.3 is 0 Å². The van der Waals surface area contributed by atoms with Gasteiger partial charge in [-0.2, -0.15) is 0 Å². The summed E-state index contributed by atoms with van der Waals surface area (Å²) < 4.78 is 6.59. The number of rotatable bonds is 6. The molecule has 1 aromatic rings. The summed E-state index contributed by atoms with van der Waals surface area (Å²) in [5.74, 6) is 0. The van der Waals surface area contributed by atoms with E-state index in [1.807, 2.05) is 6.92 Å². The fourth-order valence-corrected chi connectivity index (χ4v) is 2.74. The summed E-state index contributed by atoms with van der Waals surface area (Å²) in [4.78, 5) is 1.33. The highest BCUT2D eigenvalue weighted by Crippen LogP contribution is 2.25. The fraction of sp³-hybridized carbons (Fsp3) is 0.600. The second-order valence-electron chi connectivity index (χ2n) is 2.94. The SMILES string of the molecule is CCNC(COCC)c1cc(Br)cs1. The Balaban J connectivity index is 2.57. The third-order valence-corrected chi connectivity index (χ3v) is 3.68. The summed E-state index contributed by atoms with van der Waals surface area (Å²) in [6.45, 7) is 6.62. The Morgan fingerprint density at radius 1 is 1.57 bits per heavy atom. The summed E-state index contributed by atoms with van der Waals surface area (Å²) in [5, 5.41) is 5.51. The molecule has 0 saturated heterocycles. The maximum atomic E-state index is 5.44. The molecule has 0 aliphatic carbocycles. The lowest BCUT2D eigenvalue weighted by atomic mass is 10.2. The average molecular weight is 278 g/mol. The van der Waals surface area contributed by atoms with Gasteiger partial charge in [-0.1, -0.05) is 6.92 Å². The lowest BCUT2D eigenvalue weighted by Gasteiger charge is -2.15. The molecule has 1 N–H and O–H groups in total. The predicted molar refractivity (Wildman–Crippen MR) is 64.9 cm³/mol. The van der Waals surface area contributed by atoms with Crippen molar-refractivity contribution in [3.63, 3.8) is 0 Å². The van der Waals surface area contributed by atoms with E-state index >= 15 is 0 Å². The molecule has 0 radical (unpaired) electrons. The van der Waals surface area contributed by atoms with Crippen LogP contribution in [0, 0.1) is 0 Å². The molecule has 1 atom stereocenters. The van der Waals surface area contributed by atoms with Crippen LogP contribution in [0.5, 0.6) is 0 Å². The number of halogens is 1. The van der Waals surface area contributed by atoms with Gasteiger partial charge < -0.3 is 10.1 Å². The second-order valence-corrected chi connectivity index (χ2v) is 4.80. The summed E-state index contributed by atoms with van der Waals surface area (Å²) in [5.41, 5.74) is 0. The van der Waals surface area contributed by atoms with Crippen LogP contribution in [0.25, 0.3) is 0 Å². The van der Waals surface area contributed by atoms with Crippen molar-refractivity contribution in [3.8, 4) is 0 Å². The van der Waals surface area contributed by atoms with Crippen molar-refractivity contribution in [1.29, 1.82) is 0 Å². The van der Waals surface area contributed by atoms with Crippen LogP contribution in [0.1, 0.15) is 24.8 Å². The summed E-state index contributed by atoms with van der Waals surface area (Å²) in [6, 6.07) is 2.48. The Morgan fingerprint density at radius 3 is 2.86 bits per heavy atom. The van der Waals surface area contributed by atoms with Gasteiger partial charge in [-0.15, -0.1) is 11.3 Å². The minimum absolute atomic E-state index is 0.330. The first-order valence-electron chi connectivity index (χ1n) is 4.83. The molecule has 4 heteroatoms. The van der Waals surface area contributed by atoms with Gasteiger partial charge in [-0.05, 0) is 35.5 Å². The topological polar surface area (TPSA) is 21.3 Å². The molecule has 0 aromatic carbocycles. The highest BCUT2D eigenvalue weighted by Gasteiger charge is 2.11. The molecule has 14 heavy (non-hydrogen) atoms. The number of hydrogen-bond donors (Lipinski definition) is 1.